The first-order valence-electron chi connectivity index (χ1n) is 9.81. The fourth-order valence-corrected chi connectivity index (χ4v) is 4.04. The number of nitrogens with one attached hydrogen (secondary N) is 1. The van der Waals surface area contributed by atoms with E-state index in [1.165, 1.54) is 0 Å². The first kappa shape index (κ1) is 22.0. The molecule has 3 rings (SSSR count). The van der Waals surface area contributed by atoms with Crippen LogP contribution in [0.25, 0.3) is 0 Å². The van der Waals surface area contributed by atoms with Gasteiger partial charge in [0.25, 0.3) is 5.91 Å². The van der Waals surface area contributed by atoms with E-state index in [-0.39, 0.29) is 18.5 Å². The van der Waals surface area contributed by atoms with Gasteiger partial charge in [-0.25, -0.2) is 17.9 Å². The van der Waals surface area contributed by atoms with Gasteiger partial charge in [0.2, 0.25) is 10.0 Å². The zero-order valence-electron chi connectivity index (χ0n) is 17.3. The van der Waals surface area contributed by atoms with Crippen LogP contribution < -0.4 is 9.62 Å². The SMILES string of the molecule is C[C@H](OC(=O)c1ccc(CCNS(C)(=O)=O)cc1)C(=O)N1c2ccccc2C[C@H]1C. The highest BCUT2D eigenvalue weighted by molar-refractivity contribution is 7.88. The number of anilines is 1. The summed E-state index contributed by atoms with van der Waals surface area (Å²) in [6.45, 7) is 3.84. The number of carbonyl (C=O) groups is 2. The molecule has 7 nitrogen and oxygen atoms in total. The van der Waals surface area contributed by atoms with Gasteiger partial charge in [-0.2, -0.15) is 0 Å². The number of para-hydroxylation sites is 1. The van der Waals surface area contributed by atoms with Crippen LogP contribution in [0.3, 0.4) is 0 Å². The molecule has 0 spiro atoms. The number of carbonyl (C=O) groups excluding carboxylic acids is 2. The Morgan fingerprint density at radius 2 is 1.83 bits per heavy atom. The third kappa shape index (κ3) is 5.25. The summed E-state index contributed by atoms with van der Waals surface area (Å²) in [5.41, 5.74) is 3.20. The molecule has 1 aliphatic heterocycles. The monoisotopic (exact) mass is 430 g/mol. The highest BCUT2D eigenvalue weighted by Crippen LogP contribution is 2.32. The van der Waals surface area contributed by atoms with Crippen molar-refractivity contribution in [3.63, 3.8) is 0 Å². The molecular weight excluding hydrogens is 404 g/mol. The van der Waals surface area contributed by atoms with Gasteiger partial charge in [0, 0.05) is 18.3 Å². The van der Waals surface area contributed by atoms with E-state index in [2.05, 4.69) is 4.72 Å². The molecule has 0 unspecified atom stereocenters. The number of benzene rings is 2. The highest BCUT2D eigenvalue weighted by Gasteiger charge is 2.34. The molecule has 1 heterocycles. The van der Waals surface area contributed by atoms with Crippen LogP contribution in [0.1, 0.15) is 35.3 Å². The van der Waals surface area contributed by atoms with E-state index in [1.807, 2.05) is 31.2 Å². The third-order valence-corrected chi connectivity index (χ3v) is 5.77. The van der Waals surface area contributed by atoms with Gasteiger partial charge < -0.3 is 9.64 Å². The zero-order chi connectivity index (χ0) is 21.9. The molecule has 1 N–H and O–H groups in total. The molecule has 0 saturated heterocycles. The van der Waals surface area contributed by atoms with Crippen LogP contribution in [0.4, 0.5) is 5.69 Å². The maximum Gasteiger partial charge on any atom is 0.338 e. The fraction of sp³-hybridized carbons (Fsp3) is 0.364. The lowest BCUT2D eigenvalue weighted by Gasteiger charge is -2.26. The number of hydrogen-bond acceptors (Lipinski definition) is 5. The van der Waals surface area contributed by atoms with E-state index < -0.39 is 22.1 Å². The predicted octanol–water partition coefficient (Wildman–Crippen LogP) is 2.30. The number of nitrogens with zero attached hydrogens (tertiary/aromatic N) is 1. The Hall–Kier alpha value is -2.71. The second-order valence-electron chi connectivity index (χ2n) is 7.55. The van der Waals surface area contributed by atoms with Crippen LogP contribution in [-0.2, 0) is 32.4 Å². The van der Waals surface area contributed by atoms with Crippen molar-refractivity contribution >= 4 is 27.6 Å². The summed E-state index contributed by atoms with van der Waals surface area (Å²) in [4.78, 5) is 27.1. The molecule has 0 radical (unpaired) electrons. The van der Waals surface area contributed by atoms with Crippen molar-refractivity contribution in [2.24, 2.45) is 0 Å². The molecule has 8 heteroatoms. The standard InChI is InChI=1S/C22H26N2O5S/c1-15-14-19-6-4-5-7-20(19)24(15)21(25)16(2)29-22(26)18-10-8-17(9-11-18)12-13-23-30(3,27)28/h4-11,15-16,23H,12-14H2,1-3H3/t15-,16+/m1/s1. The molecule has 30 heavy (non-hydrogen) atoms. The van der Waals surface area contributed by atoms with Crippen LogP contribution in [0.5, 0.6) is 0 Å². The maximum atomic E-state index is 12.9. The summed E-state index contributed by atoms with van der Waals surface area (Å²) in [5.74, 6) is -0.818. The Bertz CT molecular complexity index is 1030. The summed E-state index contributed by atoms with van der Waals surface area (Å²) in [5, 5.41) is 0. The Morgan fingerprint density at radius 3 is 2.50 bits per heavy atom. The Morgan fingerprint density at radius 1 is 1.17 bits per heavy atom. The summed E-state index contributed by atoms with van der Waals surface area (Å²) < 4.78 is 30.0. The summed E-state index contributed by atoms with van der Waals surface area (Å²) in [7, 11) is -3.23. The number of amides is 1. The van der Waals surface area contributed by atoms with Gasteiger partial charge in [0.15, 0.2) is 6.10 Å². The quantitative estimate of drug-likeness (QED) is 0.681. The number of ether oxygens (including phenoxy) is 1. The predicted molar refractivity (Wildman–Crippen MR) is 115 cm³/mol. The molecule has 1 aliphatic rings. The van der Waals surface area contributed by atoms with Gasteiger partial charge in [-0.05, 0) is 56.0 Å². The van der Waals surface area contributed by atoms with E-state index in [0.717, 1.165) is 29.5 Å². The highest BCUT2D eigenvalue weighted by atomic mass is 32.2. The molecule has 0 fully saturated rings. The second-order valence-corrected chi connectivity index (χ2v) is 9.38. The van der Waals surface area contributed by atoms with Crippen molar-refractivity contribution in [3.8, 4) is 0 Å². The molecule has 160 valence electrons. The number of rotatable bonds is 7. The lowest BCUT2D eigenvalue weighted by Crippen LogP contribution is -2.43. The lowest BCUT2D eigenvalue weighted by atomic mass is 10.1. The zero-order valence-corrected chi connectivity index (χ0v) is 18.1. The Labute approximate surface area is 177 Å². The van der Waals surface area contributed by atoms with Gasteiger partial charge >= 0.3 is 5.97 Å². The number of hydrogen-bond donors (Lipinski definition) is 1. The summed E-state index contributed by atoms with van der Waals surface area (Å²) in [6, 6.07) is 14.5. The molecule has 2 aromatic carbocycles. The van der Waals surface area contributed by atoms with Crippen LogP contribution in [0.2, 0.25) is 0 Å². The van der Waals surface area contributed by atoms with E-state index in [9.17, 15) is 18.0 Å². The van der Waals surface area contributed by atoms with Crippen molar-refractivity contribution in [2.45, 2.75) is 38.8 Å². The van der Waals surface area contributed by atoms with Crippen molar-refractivity contribution < 1.29 is 22.7 Å². The maximum absolute atomic E-state index is 12.9. The number of esters is 1. The van der Waals surface area contributed by atoms with E-state index in [1.54, 1.807) is 36.1 Å². The normalized spacial score (nSPS) is 16.8. The molecule has 0 saturated carbocycles. The second kappa shape index (κ2) is 8.97. The lowest BCUT2D eigenvalue weighted by molar-refractivity contribution is -0.126. The minimum absolute atomic E-state index is 0.0101. The fourth-order valence-electron chi connectivity index (χ4n) is 3.56. The smallest absolute Gasteiger partial charge is 0.338 e. The number of fused-ring (bicyclic) bond motifs is 1. The van der Waals surface area contributed by atoms with Gasteiger partial charge in [-0.1, -0.05) is 30.3 Å². The topological polar surface area (TPSA) is 92.8 Å². The van der Waals surface area contributed by atoms with E-state index >= 15 is 0 Å². The molecule has 0 bridgehead atoms. The van der Waals surface area contributed by atoms with Crippen molar-refractivity contribution in [3.05, 3.63) is 65.2 Å². The van der Waals surface area contributed by atoms with Crippen molar-refractivity contribution in [1.82, 2.24) is 4.72 Å². The summed E-state index contributed by atoms with van der Waals surface area (Å²) >= 11 is 0. The van der Waals surface area contributed by atoms with Gasteiger partial charge in [-0.3, -0.25) is 4.79 Å². The largest absolute Gasteiger partial charge is 0.449 e. The Balaban J connectivity index is 1.59. The first-order chi connectivity index (χ1) is 14.2. The molecule has 0 aliphatic carbocycles. The first-order valence-corrected chi connectivity index (χ1v) is 11.7. The third-order valence-electron chi connectivity index (χ3n) is 5.04. The van der Waals surface area contributed by atoms with Gasteiger partial charge in [0.05, 0.1) is 11.8 Å². The van der Waals surface area contributed by atoms with Gasteiger partial charge in [0.1, 0.15) is 0 Å². The minimum atomic E-state index is -3.23. The van der Waals surface area contributed by atoms with Crippen LogP contribution >= 0.6 is 0 Å². The van der Waals surface area contributed by atoms with Crippen molar-refractivity contribution in [1.29, 1.82) is 0 Å². The molecule has 2 aromatic rings. The Kier molecular flexibility index (Phi) is 6.58. The van der Waals surface area contributed by atoms with Crippen LogP contribution in [0.15, 0.2) is 48.5 Å². The number of sulfonamides is 1. The average Bonchev–Trinajstić information content (AvgIpc) is 3.02. The van der Waals surface area contributed by atoms with E-state index in [4.69, 9.17) is 4.74 Å². The minimum Gasteiger partial charge on any atom is -0.449 e. The van der Waals surface area contributed by atoms with Crippen LogP contribution in [0, 0.1) is 0 Å². The molecular formula is C22H26N2O5S. The van der Waals surface area contributed by atoms with Crippen LogP contribution in [-0.4, -0.2) is 45.2 Å². The van der Waals surface area contributed by atoms with Gasteiger partial charge in [-0.15, -0.1) is 0 Å². The molecule has 0 aromatic heterocycles. The van der Waals surface area contributed by atoms with Crippen molar-refractivity contribution in [2.75, 3.05) is 17.7 Å². The average molecular weight is 431 g/mol. The molecule has 2 atom stereocenters. The summed E-state index contributed by atoms with van der Waals surface area (Å²) in [6.07, 6.45) is 1.47. The molecule has 1 amide bonds. The van der Waals surface area contributed by atoms with E-state index in [0.29, 0.717) is 12.0 Å².